The first kappa shape index (κ1) is 17.8. The predicted octanol–water partition coefficient (Wildman–Crippen LogP) is 3.12. The van der Waals surface area contributed by atoms with Crippen molar-refractivity contribution >= 4 is 23.2 Å². The van der Waals surface area contributed by atoms with E-state index in [4.69, 9.17) is 17.3 Å². The van der Waals surface area contributed by atoms with Gasteiger partial charge in [0.25, 0.3) is 5.91 Å². The number of nitrogens with zero attached hydrogens (tertiary/aromatic N) is 2. The number of anilines is 1. The maximum absolute atomic E-state index is 12.5. The van der Waals surface area contributed by atoms with E-state index in [2.05, 4.69) is 18.7 Å². The molecule has 0 fully saturated rings. The maximum Gasteiger partial charge on any atom is 0.255 e. The van der Waals surface area contributed by atoms with Crippen molar-refractivity contribution in [3.05, 3.63) is 28.8 Å². The van der Waals surface area contributed by atoms with E-state index in [1.165, 1.54) is 0 Å². The Morgan fingerprint density at radius 2 is 1.81 bits per heavy atom. The predicted molar refractivity (Wildman–Crippen MR) is 89.8 cm³/mol. The molecule has 0 aliphatic heterocycles. The zero-order valence-corrected chi connectivity index (χ0v) is 14.0. The maximum atomic E-state index is 12.5. The highest BCUT2D eigenvalue weighted by Gasteiger charge is 2.17. The van der Waals surface area contributed by atoms with Crippen LogP contribution in [0, 0.1) is 0 Å². The lowest BCUT2D eigenvalue weighted by Gasteiger charge is -2.24. The second-order valence-corrected chi connectivity index (χ2v) is 5.41. The van der Waals surface area contributed by atoms with E-state index in [9.17, 15) is 4.79 Å². The summed E-state index contributed by atoms with van der Waals surface area (Å²) >= 11 is 6.12. The molecule has 118 valence electrons. The lowest BCUT2D eigenvalue weighted by atomic mass is 10.1. The summed E-state index contributed by atoms with van der Waals surface area (Å²) in [5.41, 5.74) is 6.76. The average Bonchev–Trinajstić information content (AvgIpc) is 2.47. The van der Waals surface area contributed by atoms with Crippen molar-refractivity contribution in [3.63, 3.8) is 0 Å². The topological polar surface area (TPSA) is 49.6 Å². The van der Waals surface area contributed by atoms with Crippen molar-refractivity contribution in [3.8, 4) is 0 Å². The van der Waals surface area contributed by atoms with Gasteiger partial charge in [0.15, 0.2) is 0 Å². The molecular weight excluding hydrogens is 286 g/mol. The molecule has 1 rings (SSSR count). The lowest BCUT2D eigenvalue weighted by molar-refractivity contribution is 0.0757. The number of carbonyl (C=O) groups excluding carboxylic acids is 1. The average molecular weight is 312 g/mol. The van der Waals surface area contributed by atoms with Gasteiger partial charge < -0.3 is 15.5 Å². The molecule has 21 heavy (non-hydrogen) atoms. The highest BCUT2D eigenvalue weighted by atomic mass is 35.5. The van der Waals surface area contributed by atoms with Crippen LogP contribution in [-0.4, -0.2) is 48.4 Å². The van der Waals surface area contributed by atoms with E-state index in [1.807, 2.05) is 11.8 Å². The van der Waals surface area contributed by atoms with Gasteiger partial charge in [-0.25, -0.2) is 0 Å². The molecule has 0 unspecified atom stereocenters. The summed E-state index contributed by atoms with van der Waals surface area (Å²) in [6.07, 6.45) is 0.966. The second kappa shape index (κ2) is 8.90. The first-order valence-electron chi connectivity index (χ1n) is 7.60. The summed E-state index contributed by atoms with van der Waals surface area (Å²) < 4.78 is 0. The second-order valence-electron chi connectivity index (χ2n) is 5.00. The minimum Gasteiger partial charge on any atom is -0.399 e. The van der Waals surface area contributed by atoms with Crippen LogP contribution in [0.2, 0.25) is 5.02 Å². The fourth-order valence-corrected chi connectivity index (χ4v) is 2.57. The molecule has 0 aliphatic carbocycles. The Kier molecular flexibility index (Phi) is 7.54. The third kappa shape index (κ3) is 5.21. The number of rotatable bonds is 8. The first-order chi connectivity index (χ1) is 10.0. The Morgan fingerprint density at radius 3 is 2.33 bits per heavy atom. The zero-order valence-electron chi connectivity index (χ0n) is 13.2. The van der Waals surface area contributed by atoms with E-state index in [1.54, 1.807) is 18.2 Å². The molecule has 0 saturated heterocycles. The van der Waals surface area contributed by atoms with Gasteiger partial charge >= 0.3 is 0 Å². The van der Waals surface area contributed by atoms with Crippen LogP contribution in [0.5, 0.6) is 0 Å². The van der Waals surface area contributed by atoms with E-state index >= 15 is 0 Å². The van der Waals surface area contributed by atoms with Gasteiger partial charge in [-0.15, -0.1) is 0 Å². The third-order valence-corrected chi connectivity index (χ3v) is 4.00. The van der Waals surface area contributed by atoms with Crippen molar-refractivity contribution in [1.29, 1.82) is 0 Å². The van der Waals surface area contributed by atoms with Gasteiger partial charge in [0.2, 0.25) is 0 Å². The molecule has 1 aromatic carbocycles. The standard InChI is InChI=1S/C16H26ClN3O/c1-4-19(5-2)10-7-11-20(6-3)16(21)14-9-8-13(18)12-15(14)17/h8-9,12H,4-7,10-11,18H2,1-3H3. The number of halogens is 1. The summed E-state index contributed by atoms with van der Waals surface area (Å²) in [6.45, 7) is 10.8. The highest BCUT2D eigenvalue weighted by Crippen LogP contribution is 2.20. The van der Waals surface area contributed by atoms with Gasteiger partial charge in [0.1, 0.15) is 0 Å². The number of amides is 1. The van der Waals surface area contributed by atoms with Gasteiger partial charge in [-0.2, -0.15) is 0 Å². The van der Waals surface area contributed by atoms with E-state index < -0.39 is 0 Å². The number of nitrogen functional groups attached to an aromatic ring is 1. The van der Waals surface area contributed by atoms with Gasteiger partial charge in [0.05, 0.1) is 10.6 Å². The van der Waals surface area contributed by atoms with Crippen LogP contribution in [0.15, 0.2) is 18.2 Å². The first-order valence-corrected chi connectivity index (χ1v) is 7.97. The lowest BCUT2D eigenvalue weighted by Crippen LogP contribution is -2.34. The number of hydrogen-bond donors (Lipinski definition) is 1. The van der Waals surface area contributed by atoms with Crippen LogP contribution >= 0.6 is 11.6 Å². The summed E-state index contributed by atoms with van der Waals surface area (Å²) in [5, 5.41) is 0.419. The smallest absolute Gasteiger partial charge is 0.255 e. The fourth-order valence-electron chi connectivity index (χ4n) is 2.30. The molecule has 0 spiro atoms. The third-order valence-electron chi connectivity index (χ3n) is 3.69. The van der Waals surface area contributed by atoms with Crippen molar-refractivity contribution in [1.82, 2.24) is 9.80 Å². The summed E-state index contributed by atoms with van der Waals surface area (Å²) in [7, 11) is 0. The van der Waals surface area contributed by atoms with E-state index in [0.717, 1.165) is 32.6 Å². The van der Waals surface area contributed by atoms with Crippen molar-refractivity contribution in [2.75, 3.05) is 38.5 Å². The van der Waals surface area contributed by atoms with Gasteiger partial charge in [-0.3, -0.25) is 4.79 Å². The largest absolute Gasteiger partial charge is 0.399 e. The van der Waals surface area contributed by atoms with Crippen LogP contribution in [0.4, 0.5) is 5.69 Å². The van der Waals surface area contributed by atoms with Crippen molar-refractivity contribution < 1.29 is 4.79 Å². The molecule has 2 N–H and O–H groups in total. The van der Waals surface area contributed by atoms with Crippen LogP contribution in [0.25, 0.3) is 0 Å². The number of carbonyl (C=O) groups is 1. The van der Waals surface area contributed by atoms with Gasteiger partial charge in [-0.05, 0) is 51.2 Å². The minimum atomic E-state index is -0.0259. The van der Waals surface area contributed by atoms with Gasteiger partial charge in [-0.1, -0.05) is 25.4 Å². The summed E-state index contributed by atoms with van der Waals surface area (Å²) in [5.74, 6) is -0.0259. The highest BCUT2D eigenvalue weighted by molar-refractivity contribution is 6.34. The van der Waals surface area contributed by atoms with Crippen LogP contribution in [0.1, 0.15) is 37.6 Å². The Labute approximate surface area is 132 Å². The molecule has 0 atom stereocenters. The molecule has 1 aromatic rings. The molecule has 0 saturated carbocycles. The number of hydrogen-bond acceptors (Lipinski definition) is 3. The molecular formula is C16H26ClN3O. The van der Waals surface area contributed by atoms with Gasteiger partial charge in [0, 0.05) is 18.8 Å². The van der Waals surface area contributed by atoms with Crippen LogP contribution < -0.4 is 5.73 Å². The normalized spacial score (nSPS) is 10.9. The van der Waals surface area contributed by atoms with Crippen LogP contribution in [-0.2, 0) is 0 Å². The zero-order chi connectivity index (χ0) is 15.8. The SMILES string of the molecule is CCN(CC)CCCN(CC)C(=O)c1ccc(N)cc1Cl. The van der Waals surface area contributed by atoms with E-state index in [0.29, 0.717) is 22.8 Å². The molecule has 1 amide bonds. The molecule has 0 aromatic heterocycles. The fraction of sp³-hybridized carbons (Fsp3) is 0.562. The Morgan fingerprint density at radius 1 is 1.14 bits per heavy atom. The Balaban J connectivity index is 2.64. The molecule has 0 bridgehead atoms. The van der Waals surface area contributed by atoms with Crippen molar-refractivity contribution in [2.45, 2.75) is 27.2 Å². The minimum absolute atomic E-state index is 0.0259. The molecule has 0 aliphatic rings. The molecule has 4 nitrogen and oxygen atoms in total. The quantitative estimate of drug-likeness (QED) is 0.750. The van der Waals surface area contributed by atoms with Crippen LogP contribution in [0.3, 0.4) is 0 Å². The number of nitrogens with two attached hydrogens (primary N) is 1. The van der Waals surface area contributed by atoms with Crippen molar-refractivity contribution in [2.24, 2.45) is 0 Å². The molecule has 0 radical (unpaired) electrons. The Bertz CT molecular complexity index is 461. The molecule has 5 heteroatoms. The Hall–Kier alpha value is -1.26. The summed E-state index contributed by atoms with van der Waals surface area (Å²) in [6, 6.07) is 5.04. The monoisotopic (exact) mass is 311 g/mol. The summed E-state index contributed by atoms with van der Waals surface area (Å²) in [4.78, 5) is 16.7. The number of benzene rings is 1. The van der Waals surface area contributed by atoms with E-state index in [-0.39, 0.29) is 5.91 Å². The molecule has 0 heterocycles.